The van der Waals surface area contributed by atoms with Gasteiger partial charge in [0, 0.05) is 6.61 Å². The minimum absolute atomic E-state index is 0.356. The lowest BCUT2D eigenvalue weighted by Gasteiger charge is -1.99. The van der Waals surface area contributed by atoms with E-state index in [0.717, 1.165) is 6.42 Å². The Labute approximate surface area is 90.8 Å². The molecule has 1 aromatic heterocycles. The smallest absolute Gasteiger partial charge is 0.0431 e. The highest BCUT2D eigenvalue weighted by molar-refractivity contribution is 7.07. The van der Waals surface area contributed by atoms with Gasteiger partial charge in [-0.05, 0) is 41.7 Å². The Morgan fingerprint density at radius 3 is 2.36 bits per heavy atom. The second-order valence-electron chi connectivity index (χ2n) is 3.73. The van der Waals surface area contributed by atoms with Gasteiger partial charge in [0.05, 0.1) is 0 Å². The Bertz CT molecular complexity index is 206. The zero-order chi connectivity index (χ0) is 10.1. The van der Waals surface area contributed by atoms with Gasteiger partial charge in [-0.1, -0.05) is 25.7 Å². The maximum Gasteiger partial charge on any atom is 0.0431 e. The van der Waals surface area contributed by atoms with Crippen molar-refractivity contribution in [1.29, 1.82) is 0 Å². The quantitative estimate of drug-likeness (QED) is 0.652. The van der Waals surface area contributed by atoms with E-state index in [1.165, 1.54) is 44.1 Å². The lowest BCUT2D eigenvalue weighted by molar-refractivity contribution is 0.282. The molecule has 0 radical (unpaired) electrons. The van der Waals surface area contributed by atoms with Crippen LogP contribution in [0.1, 0.15) is 44.1 Å². The summed E-state index contributed by atoms with van der Waals surface area (Å²) in [6, 6.07) is 2.22. The highest BCUT2D eigenvalue weighted by Gasteiger charge is 1.94. The van der Waals surface area contributed by atoms with Crippen LogP contribution in [0.15, 0.2) is 16.8 Å². The van der Waals surface area contributed by atoms with Gasteiger partial charge < -0.3 is 5.11 Å². The summed E-state index contributed by atoms with van der Waals surface area (Å²) in [4.78, 5) is 0. The van der Waals surface area contributed by atoms with Gasteiger partial charge in [-0.15, -0.1) is 0 Å². The number of unbranched alkanes of at least 4 members (excludes halogenated alkanes) is 5. The monoisotopic (exact) mass is 212 g/mol. The summed E-state index contributed by atoms with van der Waals surface area (Å²) < 4.78 is 0. The van der Waals surface area contributed by atoms with Crippen molar-refractivity contribution < 1.29 is 5.11 Å². The summed E-state index contributed by atoms with van der Waals surface area (Å²) in [7, 11) is 0. The zero-order valence-corrected chi connectivity index (χ0v) is 9.56. The molecule has 1 nitrogen and oxygen atoms in total. The third-order valence-corrected chi connectivity index (χ3v) is 3.19. The van der Waals surface area contributed by atoms with Crippen molar-refractivity contribution in [3.05, 3.63) is 22.4 Å². The highest BCUT2D eigenvalue weighted by atomic mass is 32.1. The van der Waals surface area contributed by atoms with Crippen LogP contribution in [0.5, 0.6) is 0 Å². The van der Waals surface area contributed by atoms with Crippen LogP contribution in [0.25, 0.3) is 0 Å². The molecule has 0 saturated heterocycles. The van der Waals surface area contributed by atoms with E-state index in [9.17, 15) is 0 Å². The van der Waals surface area contributed by atoms with E-state index in [1.807, 2.05) is 0 Å². The Hall–Kier alpha value is -0.340. The summed E-state index contributed by atoms with van der Waals surface area (Å²) in [5, 5.41) is 13.0. The van der Waals surface area contributed by atoms with E-state index in [0.29, 0.717) is 6.61 Å². The van der Waals surface area contributed by atoms with E-state index in [1.54, 1.807) is 11.3 Å². The third-order valence-electron chi connectivity index (χ3n) is 2.45. The molecular formula is C12H20OS. The fourth-order valence-corrected chi connectivity index (χ4v) is 2.29. The summed E-state index contributed by atoms with van der Waals surface area (Å²) in [5.74, 6) is 0. The van der Waals surface area contributed by atoms with Gasteiger partial charge in [-0.25, -0.2) is 0 Å². The molecule has 0 atom stereocenters. The maximum atomic E-state index is 8.60. The van der Waals surface area contributed by atoms with E-state index in [4.69, 9.17) is 5.11 Å². The average Bonchev–Trinajstić information content (AvgIpc) is 2.69. The molecule has 1 heterocycles. The predicted octanol–water partition coefficient (Wildman–Crippen LogP) is 3.62. The molecular weight excluding hydrogens is 192 g/mol. The topological polar surface area (TPSA) is 20.2 Å². The third kappa shape index (κ3) is 5.40. The van der Waals surface area contributed by atoms with E-state index >= 15 is 0 Å². The molecule has 1 aromatic rings. The van der Waals surface area contributed by atoms with Crippen LogP contribution < -0.4 is 0 Å². The fourth-order valence-electron chi connectivity index (χ4n) is 1.58. The van der Waals surface area contributed by atoms with Crippen LogP contribution in [0.2, 0.25) is 0 Å². The van der Waals surface area contributed by atoms with E-state index in [2.05, 4.69) is 16.8 Å². The molecule has 14 heavy (non-hydrogen) atoms. The summed E-state index contributed by atoms with van der Waals surface area (Å²) in [6.07, 6.45) is 8.66. The molecule has 0 aliphatic carbocycles. The maximum absolute atomic E-state index is 8.60. The molecule has 0 aromatic carbocycles. The summed E-state index contributed by atoms with van der Waals surface area (Å²) in [6.45, 7) is 0.356. The minimum Gasteiger partial charge on any atom is -0.396 e. The summed E-state index contributed by atoms with van der Waals surface area (Å²) in [5.41, 5.74) is 1.49. The molecule has 0 aliphatic heterocycles. The first-order valence-corrected chi connectivity index (χ1v) is 6.49. The number of aliphatic hydroxyl groups is 1. The number of thiophene rings is 1. The molecule has 1 N–H and O–H groups in total. The van der Waals surface area contributed by atoms with Crippen LogP contribution in [-0.2, 0) is 6.42 Å². The number of rotatable bonds is 8. The van der Waals surface area contributed by atoms with Crippen molar-refractivity contribution in [2.24, 2.45) is 0 Å². The normalized spacial score (nSPS) is 10.6. The molecule has 80 valence electrons. The van der Waals surface area contributed by atoms with Crippen LogP contribution in [0, 0.1) is 0 Å². The molecule has 0 aliphatic rings. The van der Waals surface area contributed by atoms with Crippen molar-refractivity contribution in [3.8, 4) is 0 Å². The van der Waals surface area contributed by atoms with Gasteiger partial charge in [0.15, 0.2) is 0 Å². The SMILES string of the molecule is OCCCCCCCCc1ccsc1. The van der Waals surface area contributed by atoms with Gasteiger partial charge in [-0.3, -0.25) is 0 Å². The van der Waals surface area contributed by atoms with Crippen molar-refractivity contribution in [2.75, 3.05) is 6.61 Å². The van der Waals surface area contributed by atoms with E-state index in [-0.39, 0.29) is 0 Å². The number of hydrogen-bond acceptors (Lipinski definition) is 2. The fraction of sp³-hybridized carbons (Fsp3) is 0.667. The minimum atomic E-state index is 0.356. The Morgan fingerprint density at radius 1 is 1.00 bits per heavy atom. The van der Waals surface area contributed by atoms with Crippen molar-refractivity contribution >= 4 is 11.3 Å². The largest absolute Gasteiger partial charge is 0.396 e. The van der Waals surface area contributed by atoms with Gasteiger partial charge in [-0.2, -0.15) is 11.3 Å². The van der Waals surface area contributed by atoms with Crippen molar-refractivity contribution in [3.63, 3.8) is 0 Å². The van der Waals surface area contributed by atoms with Crippen LogP contribution >= 0.6 is 11.3 Å². The van der Waals surface area contributed by atoms with Gasteiger partial charge in [0.2, 0.25) is 0 Å². The number of aryl methyl sites for hydroxylation is 1. The number of hydrogen-bond donors (Lipinski definition) is 1. The van der Waals surface area contributed by atoms with Gasteiger partial charge in [0.1, 0.15) is 0 Å². The molecule has 0 bridgehead atoms. The molecule has 0 amide bonds. The Balaban J connectivity index is 1.85. The van der Waals surface area contributed by atoms with E-state index < -0.39 is 0 Å². The molecule has 1 rings (SSSR count). The number of aliphatic hydroxyl groups excluding tert-OH is 1. The first kappa shape index (κ1) is 11.7. The van der Waals surface area contributed by atoms with Crippen LogP contribution in [0.4, 0.5) is 0 Å². The molecule has 0 unspecified atom stereocenters. The Kier molecular flexibility index (Phi) is 6.71. The molecule has 2 heteroatoms. The van der Waals surface area contributed by atoms with Crippen molar-refractivity contribution in [1.82, 2.24) is 0 Å². The van der Waals surface area contributed by atoms with Gasteiger partial charge in [0.25, 0.3) is 0 Å². The first-order valence-electron chi connectivity index (χ1n) is 5.55. The highest BCUT2D eigenvalue weighted by Crippen LogP contribution is 2.12. The Morgan fingerprint density at radius 2 is 1.71 bits per heavy atom. The predicted molar refractivity (Wildman–Crippen MR) is 62.8 cm³/mol. The molecule has 0 fully saturated rings. The zero-order valence-electron chi connectivity index (χ0n) is 8.74. The van der Waals surface area contributed by atoms with Crippen LogP contribution in [0.3, 0.4) is 0 Å². The lowest BCUT2D eigenvalue weighted by Crippen LogP contribution is -1.85. The standard InChI is InChI=1S/C12H20OS/c13-9-6-4-2-1-3-5-7-12-8-10-14-11-12/h8,10-11,13H,1-7,9H2. The van der Waals surface area contributed by atoms with Gasteiger partial charge >= 0.3 is 0 Å². The molecule has 0 spiro atoms. The van der Waals surface area contributed by atoms with Crippen molar-refractivity contribution in [2.45, 2.75) is 44.9 Å². The van der Waals surface area contributed by atoms with Crippen LogP contribution in [-0.4, -0.2) is 11.7 Å². The second kappa shape index (κ2) is 8.01. The lowest BCUT2D eigenvalue weighted by atomic mass is 10.1. The average molecular weight is 212 g/mol. The molecule has 0 saturated carbocycles. The first-order chi connectivity index (χ1) is 6.93. The summed E-state index contributed by atoms with van der Waals surface area (Å²) >= 11 is 1.79. The second-order valence-corrected chi connectivity index (χ2v) is 4.51.